The van der Waals surface area contributed by atoms with E-state index in [9.17, 15) is 9.90 Å². The van der Waals surface area contributed by atoms with Crippen LogP contribution in [0, 0.1) is 0 Å². The van der Waals surface area contributed by atoms with Crippen LogP contribution in [-0.4, -0.2) is 28.6 Å². The average molecular weight is 273 g/mol. The number of carbonyl (C=O) groups is 1. The van der Waals surface area contributed by atoms with Gasteiger partial charge in [-0.1, -0.05) is 25.1 Å². The van der Waals surface area contributed by atoms with Gasteiger partial charge in [-0.3, -0.25) is 4.90 Å². The van der Waals surface area contributed by atoms with Gasteiger partial charge in [-0.25, -0.2) is 4.79 Å². The Morgan fingerprint density at radius 3 is 3.00 bits per heavy atom. The van der Waals surface area contributed by atoms with Crippen molar-refractivity contribution in [3.63, 3.8) is 0 Å². The molecule has 106 valence electrons. The quantitative estimate of drug-likeness (QED) is 0.926. The number of furan rings is 1. The summed E-state index contributed by atoms with van der Waals surface area (Å²) in [4.78, 5) is 13.8. The predicted molar refractivity (Wildman–Crippen MR) is 76.9 cm³/mol. The van der Waals surface area contributed by atoms with Gasteiger partial charge in [0.2, 0.25) is 5.76 Å². The highest BCUT2D eigenvalue weighted by Crippen LogP contribution is 2.30. The molecule has 1 saturated heterocycles. The van der Waals surface area contributed by atoms with E-state index in [4.69, 9.17) is 4.42 Å². The Labute approximate surface area is 118 Å². The van der Waals surface area contributed by atoms with Crippen molar-refractivity contribution in [2.24, 2.45) is 0 Å². The molecule has 1 aliphatic heterocycles. The minimum Gasteiger partial charge on any atom is -0.475 e. The van der Waals surface area contributed by atoms with Gasteiger partial charge in [-0.05, 0) is 31.9 Å². The van der Waals surface area contributed by atoms with E-state index in [2.05, 4.69) is 11.8 Å². The normalized spacial score (nSPS) is 19.8. The maximum atomic E-state index is 11.4. The van der Waals surface area contributed by atoms with E-state index in [-0.39, 0.29) is 5.76 Å². The number of hydrogen-bond acceptors (Lipinski definition) is 3. The molecule has 1 aromatic heterocycles. The summed E-state index contributed by atoms with van der Waals surface area (Å²) in [6, 6.07) is 8.12. The van der Waals surface area contributed by atoms with Crippen molar-refractivity contribution < 1.29 is 14.3 Å². The zero-order chi connectivity index (χ0) is 14.1. The lowest BCUT2D eigenvalue weighted by Crippen LogP contribution is -2.28. The smallest absolute Gasteiger partial charge is 0.372 e. The topological polar surface area (TPSA) is 53.7 Å². The molecular formula is C16H19NO3. The summed E-state index contributed by atoms with van der Waals surface area (Å²) < 4.78 is 5.51. The number of carboxylic acid groups (broad SMARTS) is 1. The Morgan fingerprint density at radius 2 is 2.25 bits per heavy atom. The molecule has 20 heavy (non-hydrogen) atoms. The van der Waals surface area contributed by atoms with Crippen LogP contribution >= 0.6 is 0 Å². The number of rotatable bonds is 4. The first kappa shape index (κ1) is 13.2. The molecule has 1 aliphatic rings. The molecule has 1 atom stereocenters. The van der Waals surface area contributed by atoms with Crippen LogP contribution in [-0.2, 0) is 6.54 Å². The molecule has 2 heterocycles. The second-order valence-corrected chi connectivity index (χ2v) is 5.39. The summed E-state index contributed by atoms with van der Waals surface area (Å²) in [6.07, 6.45) is 3.50. The van der Waals surface area contributed by atoms with E-state index in [1.807, 2.05) is 24.3 Å². The fraction of sp³-hybridized carbons (Fsp3) is 0.438. The van der Waals surface area contributed by atoms with Crippen LogP contribution in [0.15, 0.2) is 28.7 Å². The molecule has 0 bridgehead atoms. The highest BCUT2D eigenvalue weighted by Gasteiger charge is 2.27. The molecule has 4 heteroatoms. The third kappa shape index (κ3) is 2.20. The van der Waals surface area contributed by atoms with Gasteiger partial charge in [-0.2, -0.15) is 0 Å². The SMILES string of the molecule is CCC1CCCN1Cc1c(C(=O)O)oc2ccccc12. The first-order valence-corrected chi connectivity index (χ1v) is 7.18. The molecule has 0 radical (unpaired) electrons. The van der Waals surface area contributed by atoms with Gasteiger partial charge in [0.05, 0.1) is 0 Å². The van der Waals surface area contributed by atoms with Gasteiger partial charge in [0.15, 0.2) is 0 Å². The summed E-state index contributed by atoms with van der Waals surface area (Å²) in [5, 5.41) is 10.3. The van der Waals surface area contributed by atoms with Crippen LogP contribution in [0.5, 0.6) is 0 Å². The van der Waals surface area contributed by atoms with Crippen molar-refractivity contribution in [2.75, 3.05) is 6.54 Å². The lowest BCUT2D eigenvalue weighted by molar-refractivity contribution is 0.0661. The molecule has 4 nitrogen and oxygen atoms in total. The van der Waals surface area contributed by atoms with Gasteiger partial charge in [0.25, 0.3) is 0 Å². The van der Waals surface area contributed by atoms with Crippen molar-refractivity contribution in [1.82, 2.24) is 4.90 Å². The number of benzene rings is 1. The van der Waals surface area contributed by atoms with Crippen LogP contribution in [0.3, 0.4) is 0 Å². The average Bonchev–Trinajstić information content (AvgIpc) is 3.04. The number of para-hydroxylation sites is 1. The third-order valence-corrected chi connectivity index (χ3v) is 4.22. The lowest BCUT2D eigenvalue weighted by Gasteiger charge is -2.22. The molecule has 1 fully saturated rings. The zero-order valence-corrected chi connectivity index (χ0v) is 11.6. The first-order valence-electron chi connectivity index (χ1n) is 7.18. The first-order chi connectivity index (χ1) is 9.70. The Balaban J connectivity index is 2.00. The fourth-order valence-electron chi connectivity index (χ4n) is 3.20. The highest BCUT2D eigenvalue weighted by atomic mass is 16.4. The molecule has 1 unspecified atom stereocenters. The van der Waals surface area contributed by atoms with E-state index < -0.39 is 5.97 Å². The number of carboxylic acids is 1. The van der Waals surface area contributed by atoms with Gasteiger partial charge in [-0.15, -0.1) is 0 Å². The standard InChI is InChI=1S/C16H19NO3/c1-2-11-6-5-9-17(11)10-13-12-7-3-4-8-14(12)20-15(13)16(18)19/h3-4,7-8,11H,2,5-6,9-10H2,1H3,(H,18,19). The monoisotopic (exact) mass is 273 g/mol. The van der Waals surface area contributed by atoms with Crippen molar-refractivity contribution in [3.05, 3.63) is 35.6 Å². The third-order valence-electron chi connectivity index (χ3n) is 4.22. The maximum Gasteiger partial charge on any atom is 0.372 e. The van der Waals surface area contributed by atoms with Crippen LogP contribution in [0.1, 0.15) is 42.3 Å². The predicted octanol–water partition coefficient (Wildman–Crippen LogP) is 3.51. The molecule has 0 amide bonds. The summed E-state index contributed by atoms with van der Waals surface area (Å²) in [7, 11) is 0. The van der Waals surface area contributed by atoms with Crippen molar-refractivity contribution in [2.45, 2.75) is 38.8 Å². The number of fused-ring (bicyclic) bond motifs is 1. The number of nitrogens with zero attached hydrogens (tertiary/aromatic N) is 1. The largest absolute Gasteiger partial charge is 0.475 e. The molecule has 2 aromatic rings. The number of hydrogen-bond donors (Lipinski definition) is 1. The summed E-state index contributed by atoms with van der Waals surface area (Å²) in [6.45, 7) is 3.89. The minimum atomic E-state index is -0.983. The van der Waals surface area contributed by atoms with Crippen molar-refractivity contribution in [1.29, 1.82) is 0 Å². The van der Waals surface area contributed by atoms with Crippen molar-refractivity contribution in [3.8, 4) is 0 Å². The number of likely N-dealkylation sites (tertiary alicyclic amines) is 1. The number of aromatic carboxylic acids is 1. The van der Waals surface area contributed by atoms with Crippen LogP contribution < -0.4 is 0 Å². The molecule has 1 N–H and O–H groups in total. The van der Waals surface area contributed by atoms with Crippen LogP contribution in [0.4, 0.5) is 0 Å². The van der Waals surface area contributed by atoms with Gasteiger partial charge in [0.1, 0.15) is 5.58 Å². The van der Waals surface area contributed by atoms with Gasteiger partial charge in [0, 0.05) is 23.5 Å². The van der Waals surface area contributed by atoms with E-state index in [1.54, 1.807) is 0 Å². The van der Waals surface area contributed by atoms with Crippen LogP contribution in [0.25, 0.3) is 11.0 Å². The lowest BCUT2D eigenvalue weighted by atomic mass is 10.1. The minimum absolute atomic E-state index is 0.0907. The zero-order valence-electron chi connectivity index (χ0n) is 11.6. The molecule has 0 spiro atoms. The molecule has 0 saturated carbocycles. The van der Waals surface area contributed by atoms with E-state index in [1.165, 1.54) is 12.8 Å². The van der Waals surface area contributed by atoms with E-state index >= 15 is 0 Å². The van der Waals surface area contributed by atoms with E-state index in [0.717, 1.165) is 23.9 Å². The summed E-state index contributed by atoms with van der Waals surface area (Å²) >= 11 is 0. The maximum absolute atomic E-state index is 11.4. The summed E-state index contributed by atoms with van der Waals surface area (Å²) in [5.74, 6) is -0.892. The molecular weight excluding hydrogens is 254 g/mol. The Morgan fingerprint density at radius 1 is 1.45 bits per heavy atom. The molecule has 1 aromatic carbocycles. The second-order valence-electron chi connectivity index (χ2n) is 5.39. The highest BCUT2D eigenvalue weighted by molar-refractivity contribution is 5.95. The Hall–Kier alpha value is -1.81. The van der Waals surface area contributed by atoms with Gasteiger partial charge < -0.3 is 9.52 Å². The Kier molecular flexibility index (Phi) is 3.49. The van der Waals surface area contributed by atoms with Crippen molar-refractivity contribution >= 4 is 16.9 Å². The second kappa shape index (κ2) is 5.29. The molecule has 0 aliphatic carbocycles. The van der Waals surface area contributed by atoms with E-state index in [0.29, 0.717) is 18.2 Å². The fourth-order valence-corrected chi connectivity index (χ4v) is 3.20. The Bertz CT molecular complexity index is 632. The van der Waals surface area contributed by atoms with Crippen LogP contribution in [0.2, 0.25) is 0 Å². The van der Waals surface area contributed by atoms with Gasteiger partial charge >= 0.3 is 5.97 Å². The summed E-state index contributed by atoms with van der Waals surface area (Å²) in [5.41, 5.74) is 1.47. The molecule has 3 rings (SSSR count).